The summed E-state index contributed by atoms with van der Waals surface area (Å²) in [6.07, 6.45) is 3.83. The second-order valence-electron chi connectivity index (χ2n) is 5.39. The molecule has 1 aliphatic carbocycles. The normalized spacial score (nSPS) is 28.1. The molecule has 3 unspecified atom stereocenters. The maximum absolute atomic E-state index is 6.11. The summed E-state index contributed by atoms with van der Waals surface area (Å²) in [5.74, 6) is 2.87. The molecule has 0 amide bonds. The summed E-state index contributed by atoms with van der Waals surface area (Å²) in [4.78, 5) is 0. The Morgan fingerprint density at radius 3 is 2.67 bits per heavy atom. The molecular formula is C15H20Cl2O. The Balaban J connectivity index is 2.05. The lowest BCUT2D eigenvalue weighted by Crippen LogP contribution is -2.29. The molecule has 3 heteroatoms. The fourth-order valence-electron chi connectivity index (χ4n) is 2.55. The van der Waals surface area contributed by atoms with E-state index in [-0.39, 0.29) is 0 Å². The first kappa shape index (κ1) is 14.0. The van der Waals surface area contributed by atoms with E-state index < -0.39 is 0 Å². The van der Waals surface area contributed by atoms with Crippen LogP contribution in [0.5, 0.6) is 5.75 Å². The number of ether oxygens (including phenoxy) is 1. The van der Waals surface area contributed by atoms with Crippen LogP contribution in [-0.2, 0) is 5.88 Å². The van der Waals surface area contributed by atoms with Crippen molar-refractivity contribution in [3.8, 4) is 5.75 Å². The van der Waals surface area contributed by atoms with Gasteiger partial charge >= 0.3 is 0 Å². The molecule has 1 aromatic rings. The fourth-order valence-corrected chi connectivity index (χ4v) is 2.96. The van der Waals surface area contributed by atoms with Gasteiger partial charge in [0.2, 0.25) is 0 Å². The van der Waals surface area contributed by atoms with Gasteiger partial charge in [-0.05, 0) is 49.3 Å². The Bertz CT molecular complexity index is 405. The maximum Gasteiger partial charge on any atom is 0.124 e. The maximum atomic E-state index is 6.11. The molecule has 100 valence electrons. The molecule has 0 bridgehead atoms. The lowest BCUT2D eigenvalue weighted by Gasteiger charge is -2.32. The second-order valence-corrected chi connectivity index (χ2v) is 6.10. The number of benzene rings is 1. The summed E-state index contributed by atoms with van der Waals surface area (Å²) in [6.45, 7) is 4.64. The first-order valence-corrected chi connectivity index (χ1v) is 7.52. The van der Waals surface area contributed by atoms with Crippen LogP contribution in [0.2, 0.25) is 5.02 Å². The minimum absolute atomic E-state index is 0.319. The van der Waals surface area contributed by atoms with Crippen molar-refractivity contribution in [1.82, 2.24) is 0 Å². The van der Waals surface area contributed by atoms with Crippen LogP contribution in [0.25, 0.3) is 0 Å². The van der Waals surface area contributed by atoms with Gasteiger partial charge < -0.3 is 4.74 Å². The third kappa shape index (κ3) is 3.33. The van der Waals surface area contributed by atoms with E-state index in [1.807, 2.05) is 18.2 Å². The van der Waals surface area contributed by atoms with Crippen LogP contribution in [0.1, 0.15) is 38.7 Å². The van der Waals surface area contributed by atoms with Crippen molar-refractivity contribution in [3.63, 3.8) is 0 Å². The van der Waals surface area contributed by atoms with Crippen molar-refractivity contribution >= 4 is 23.2 Å². The summed E-state index contributed by atoms with van der Waals surface area (Å²) in [5, 5.41) is 0.712. The van der Waals surface area contributed by atoms with Crippen LogP contribution >= 0.6 is 23.2 Å². The molecule has 1 aliphatic rings. The lowest BCUT2D eigenvalue weighted by molar-refractivity contribution is 0.0999. The zero-order chi connectivity index (χ0) is 13.1. The van der Waals surface area contributed by atoms with Gasteiger partial charge in [-0.15, -0.1) is 11.6 Å². The summed E-state index contributed by atoms with van der Waals surface area (Å²) in [6, 6.07) is 5.68. The first-order valence-electron chi connectivity index (χ1n) is 6.61. The highest BCUT2D eigenvalue weighted by Crippen LogP contribution is 2.33. The van der Waals surface area contributed by atoms with Gasteiger partial charge in [0.1, 0.15) is 5.75 Å². The van der Waals surface area contributed by atoms with E-state index in [1.54, 1.807) is 0 Å². The molecule has 0 heterocycles. The Labute approximate surface area is 119 Å². The van der Waals surface area contributed by atoms with Gasteiger partial charge in [0.05, 0.1) is 12.0 Å². The number of hydrogen-bond acceptors (Lipinski definition) is 1. The van der Waals surface area contributed by atoms with E-state index in [1.165, 1.54) is 6.42 Å². The Morgan fingerprint density at radius 1 is 1.22 bits per heavy atom. The van der Waals surface area contributed by atoms with Crippen molar-refractivity contribution < 1.29 is 4.74 Å². The highest BCUT2D eigenvalue weighted by Gasteiger charge is 2.26. The van der Waals surface area contributed by atoms with Crippen molar-refractivity contribution in [2.75, 3.05) is 0 Å². The van der Waals surface area contributed by atoms with E-state index >= 15 is 0 Å². The summed E-state index contributed by atoms with van der Waals surface area (Å²) < 4.78 is 6.11. The fraction of sp³-hybridized carbons (Fsp3) is 0.600. The van der Waals surface area contributed by atoms with E-state index in [0.717, 1.165) is 36.0 Å². The minimum Gasteiger partial charge on any atom is -0.490 e. The van der Waals surface area contributed by atoms with Gasteiger partial charge in [0.15, 0.2) is 0 Å². The van der Waals surface area contributed by atoms with Crippen molar-refractivity contribution in [2.24, 2.45) is 11.8 Å². The molecule has 18 heavy (non-hydrogen) atoms. The van der Waals surface area contributed by atoms with Crippen LogP contribution in [0, 0.1) is 11.8 Å². The van der Waals surface area contributed by atoms with Gasteiger partial charge in [-0.25, -0.2) is 0 Å². The molecule has 0 aromatic heterocycles. The quantitative estimate of drug-likeness (QED) is 0.687. The number of hydrogen-bond donors (Lipinski definition) is 0. The molecule has 2 rings (SSSR count). The average Bonchev–Trinajstić information content (AvgIpc) is 2.36. The summed E-state index contributed by atoms with van der Waals surface area (Å²) >= 11 is 11.9. The SMILES string of the molecule is CC1CCC(Oc2ccc(Cl)cc2CCl)CC1C. The molecule has 1 nitrogen and oxygen atoms in total. The summed E-state index contributed by atoms with van der Waals surface area (Å²) in [7, 11) is 0. The standard InChI is InChI=1S/C15H20Cl2O/c1-10-3-5-14(7-11(10)2)18-15-6-4-13(17)8-12(15)9-16/h4,6,8,10-11,14H,3,5,7,9H2,1-2H3. The zero-order valence-electron chi connectivity index (χ0n) is 11.0. The van der Waals surface area contributed by atoms with Crippen LogP contribution in [0.4, 0.5) is 0 Å². The zero-order valence-corrected chi connectivity index (χ0v) is 12.5. The van der Waals surface area contributed by atoms with Crippen molar-refractivity contribution in [1.29, 1.82) is 0 Å². The molecular weight excluding hydrogens is 267 g/mol. The van der Waals surface area contributed by atoms with Crippen LogP contribution in [0.3, 0.4) is 0 Å². The van der Waals surface area contributed by atoms with E-state index in [4.69, 9.17) is 27.9 Å². The molecule has 1 fully saturated rings. The monoisotopic (exact) mass is 286 g/mol. The highest BCUT2D eigenvalue weighted by molar-refractivity contribution is 6.30. The van der Waals surface area contributed by atoms with Crippen molar-refractivity contribution in [2.45, 2.75) is 45.1 Å². The van der Waals surface area contributed by atoms with Gasteiger partial charge in [-0.2, -0.15) is 0 Å². The molecule has 1 saturated carbocycles. The topological polar surface area (TPSA) is 9.23 Å². The molecule has 0 aliphatic heterocycles. The molecule has 1 aromatic carbocycles. The Hall–Kier alpha value is -0.400. The molecule has 0 radical (unpaired) electrons. The third-order valence-electron chi connectivity index (χ3n) is 4.01. The molecule has 0 saturated heterocycles. The van der Waals surface area contributed by atoms with Crippen LogP contribution < -0.4 is 4.74 Å². The van der Waals surface area contributed by atoms with Crippen molar-refractivity contribution in [3.05, 3.63) is 28.8 Å². The largest absolute Gasteiger partial charge is 0.490 e. The van der Waals surface area contributed by atoms with Gasteiger partial charge in [0.25, 0.3) is 0 Å². The smallest absolute Gasteiger partial charge is 0.124 e. The van der Waals surface area contributed by atoms with Crippen LogP contribution in [0.15, 0.2) is 18.2 Å². The van der Waals surface area contributed by atoms with Gasteiger partial charge in [-0.1, -0.05) is 25.4 Å². The minimum atomic E-state index is 0.319. The second kappa shape index (κ2) is 6.16. The predicted molar refractivity (Wildman–Crippen MR) is 77.6 cm³/mol. The van der Waals surface area contributed by atoms with Gasteiger partial charge in [0, 0.05) is 10.6 Å². The van der Waals surface area contributed by atoms with E-state index in [0.29, 0.717) is 17.0 Å². The number of halogens is 2. The predicted octanol–water partition coefficient (Wildman–Crippen LogP) is 5.28. The van der Waals surface area contributed by atoms with E-state index in [2.05, 4.69) is 13.8 Å². The summed E-state index contributed by atoms with van der Waals surface area (Å²) in [5.41, 5.74) is 0.982. The number of alkyl halides is 1. The average molecular weight is 287 g/mol. The molecule has 3 atom stereocenters. The number of rotatable bonds is 3. The Kier molecular flexibility index (Phi) is 4.80. The molecule has 0 spiro atoms. The third-order valence-corrected chi connectivity index (χ3v) is 4.53. The molecule has 0 N–H and O–H groups in total. The highest BCUT2D eigenvalue weighted by atomic mass is 35.5. The lowest BCUT2D eigenvalue weighted by atomic mass is 9.80. The van der Waals surface area contributed by atoms with Gasteiger partial charge in [-0.3, -0.25) is 0 Å². The van der Waals surface area contributed by atoms with E-state index in [9.17, 15) is 0 Å². The first-order chi connectivity index (χ1) is 8.60. The van der Waals surface area contributed by atoms with Crippen LogP contribution in [-0.4, -0.2) is 6.10 Å². The Morgan fingerprint density at radius 2 is 2.00 bits per heavy atom.